The Morgan fingerprint density at radius 1 is 1.09 bits per heavy atom. The number of methoxy groups -OCH3 is 1. The van der Waals surface area contributed by atoms with E-state index in [9.17, 15) is 9.18 Å². The van der Waals surface area contributed by atoms with E-state index >= 15 is 0 Å². The van der Waals surface area contributed by atoms with Gasteiger partial charge in [0.05, 0.1) is 24.2 Å². The van der Waals surface area contributed by atoms with Gasteiger partial charge in [-0.15, -0.1) is 0 Å². The van der Waals surface area contributed by atoms with Crippen LogP contribution in [0.4, 0.5) is 4.39 Å². The third kappa shape index (κ3) is 5.59. The van der Waals surface area contributed by atoms with Crippen LogP contribution in [0.2, 0.25) is 0 Å². The number of nitrogens with zero attached hydrogens (tertiary/aromatic N) is 3. The van der Waals surface area contributed by atoms with Gasteiger partial charge in [0.2, 0.25) is 0 Å². The molecular weight excluding hydrogens is 513 g/mol. The van der Waals surface area contributed by atoms with Gasteiger partial charge in [-0.2, -0.15) is 9.78 Å². The molecule has 180 valence electrons. The van der Waals surface area contributed by atoms with E-state index in [2.05, 4.69) is 21.0 Å². The smallest absolute Gasteiger partial charge is 0.282 e. The number of fused-ring (bicyclic) bond motifs is 1. The molecule has 0 bridgehead atoms. The fourth-order valence-corrected chi connectivity index (χ4v) is 3.90. The molecule has 0 N–H and O–H groups in total. The number of halogens is 2. The van der Waals surface area contributed by atoms with Crippen molar-refractivity contribution in [3.63, 3.8) is 0 Å². The predicted molar refractivity (Wildman–Crippen MR) is 139 cm³/mol. The van der Waals surface area contributed by atoms with E-state index in [4.69, 9.17) is 14.5 Å². The summed E-state index contributed by atoms with van der Waals surface area (Å²) in [4.78, 5) is 18.0. The largest absolute Gasteiger partial charge is 0.493 e. The summed E-state index contributed by atoms with van der Waals surface area (Å²) < 4.78 is 26.9. The lowest BCUT2D eigenvalue weighted by Crippen LogP contribution is -2.29. The van der Waals surface area contributed by atoms with E-state index in [1.807, 2.05) is 32.9 Å². The quantitative estimate of drug-likeness (QED) is 0.280. The molecule has 0 saturated heterocycles. The highest BCUT2D eigenvalue weighted by Crippen LogP contribution is 2.29. The van der Waals surface area contributed by atoms with Crippen LogP contribution in [0.15, 0.2) is 75.0 Å². The van der Waals surface area contributed by atoms with E-state index in [-0.39, 0.29) is 18.0 Å². The van der Waals surface area contributed by atoms with Crippen molar-refractivity contribution in [1.29, 1.82) is 0 Å². The SMILES string of the molecule is COc1cc(C=Nn2c(C(C)(C)C)nc3ccc(Br)cc3c2=O)ccc1OCc1cccc(F)c1. The van der Waals surface area contributed by atoms with Gasteiger partial charge >= 0.3 is 0 Å². The Kier molecular flexibility index (Phi) is 7.03. The van der Waals surface area contributed by atoms with Crippen molar-refractivity contribution < 1.29 is 13.9 Å². The predicted octanol–water partition coefficient (Wildman–Crippen LogP) is 6.07. The molecule has 3 aromatic carbocycles. The summed E-state index contributed by atoms with van der Waals surface area (Å²) in [5.74, 6) is 1.24. The zero-order chi connectivity index (χ0) is 25.2. The van der Waals surface area contributed by atoms with Gasteiger partial charge in [-0.05, 0) is 59.7 Å². The molecule has 0 atom stereocenters. The average Bonchev–Trinajstić information content (AvgIpc) is 2.82. The molecule has 1 heterocycles. The van der Waals surface area contributed by atoms with E-state index in [1.165, 1.54) is 16.8 Å². The minimum Gasteiger partial charge on any atom is -0.493 e. The highest BCUT2D eigenvalue weighted by atomic mass is 79.9. The molecule has 0 aliphatic rings. The van der Waals surface area contributed by atoms with Crippen LogP contribution in [0.1, 0.15) is 37.7 Å². The molecule has 35 heavy (non-hydrogen) atoms. The summed E-state index contributed by atoms with van der Waals surface area (Å²) in [6.07, 6.45) is 1.58. The lowest BCUT2D eigenvalue weighted by atomic mass is 9.95. The van der Waals surface area contributed by atoms with E-state index in [0.29, 0.717) is 39.4 Å². The standard InChI is InChI=1S/C27H25BrFN3O3/c1-27(2,3)26-31-22-10-9-19(28)14-21(22)25(33)32(26)30-15-17-8-11-23(24(13-17)34-4)35-16-18-6-5-7-20(29)12-18/h5-15H,16H2,1-4H3. The number of benzene rings is 3. The van der Waals surface area contributed by atoms with Gasteiger partial charge in [0.25, 0.3) is 5.56 Å². The molecule has 0 amide bonds. The van der Waals surface area contributed by atoms with Gasteiger partial charge in [0.15, 0.2) is 11.5 Å². The topological polar surface area (TPSA) is 65.7 Å². The molecule has 0 saturated carbocycles. The molecule has 4 rings (SSSR count). The lowest BCUT2D eigenvalue weighted by Gasteiger charge is -2.20. The molecule has 1 aromatic heterocycles. The van der Waals surface area contributed by atoms with Crippen molar-refractivity contribution >= 4 is 33.0 Å². The maximum atomic E-state index is 13.4. The van der Waals surface area contributed by atoms with Crippen LogP contribution in [0.25, 0.3) is 10.9 Å². The first-order valence-electron chi connectivity index (χ1n) is 11.0. The second-order valence-corrected chi connectivity index (χ2v) is 9.95. The third-order valence-corrected chi connectivity index (χ3v) is 5.77. The fraction of sp³-hybridized carbons (Fsp3) is 0.222. The zero-order valence-corrected chi connectivity index (χ0v) is 21.5. The summed E-state index contributed by atoms with van der Waals surface area (Å²) in [5.41, 5.74) is 1.38. The first-order chi connectivity index (χ1) is 16.7. The molecule has 8 heteroatoms. The number of ether oxygens (including phenoxy) is 2. The lowest BCUT2D eigenvalue weighted by molar-refractivity contribution is 0.284. The molecule has 6 nitrogen and oxygen atoms in total. The van der Waals surface area contributed by atoms with Crippen LogP contribution in [-0.4, -0.2) is 23.0 Å². The Bertz CT molecular complexity index is 1480. The number of hydrogen-bond acceptors (Lipinski definition) is 5. The molecule has 0 aliphatic carbocycles. The van der Waals surface area contributed by atoms with Crippen molar-refractivity contribution in [2.24, 2.45) is 5.10 Å². The highest BCUT2D eigenvalue weighted by Gasteiger charge is 2.23. The zero-order valence-electron chi connectivity index (χ0n) is 19.9. The third-order valence-electron chi connectivity index (χ3n) is 5.27. The van der Waals surface area contributed by atoms with Crippen molar-refractivity contribution in [3.8, 4) is 11.5 Å². The minimum absolute atomic E-state index is 0.199. The molecule has 0 radical (unpaired) electrons. The van der Waals surface area contributed by atoms with Crippen LogP contribution in [0, 0.1) is 5.82 Å². The second-order valence-electron chi connectivity index (χ2n) is 9.04. The summed E-state index contributed by atoms with van der Waals surface area (Å²) in [6, 6.07) is 17.0. The Morgan fingerprint density at radius 2 is 1.89 bits per heavy atom. The first-order valence-corrected chi connectivity index (χ1v) is 11.8. The van der Waals surface area contributed by atoms with Crippen molar-refractivity contribution in [1.82, 2.24) is 9.66 Å². The van der Waals surface area contributed by atoms with Crippen LogP contribution in [0.3, 0.4) is 0 Å². The van der Waals surface area contributed by atoms with Gasteiger partial charge in [0.1, 0.15) is 18.2 Å². The number of rotatable bonds is 6. The van der Waals surface area contributed by atoms with Crippen molar-refractivity contribution in [3.05, 3.63) is 98.3 Å². The highest BCUT2D eigenvalue weighted by molar-refractivity contribution is 9.10. The second kappa shape index (κ2) is 10.00. The van der Waals surface area contributed by atoms with Crippen molar-refractivity contribution in [2.45, 2.75) is 32.8 Å². The Labute approximate surface area is 211 Å². The van der Waals surface area contributed by atoms with E-state index in [0.717, 1.165) is 4.47 Å². The monoisotopic (exact) mass is 537 g/mol. The minimum atomic E-state index is -0.413. The van der Waals surface area contributed by atoms with Gasteiger partial charge in [-0.1, -0.05) is 48.8 Å². The molecule has 0 unspecified atom stereocenters. The van der Waals surface area contributed by atoms with Crippen LogP contribution in [0.5, 0.6) is 11.5 Å². The van der Waals surface area contributed by atoms with Gasteiger partial charge in [-0.25, -0.2) is 9.37 Å². The Morgan fingerprint density at radius 3 is 2.60 bits per heavy atom. The molecule has 0 fully saturated rings. The molecular formula is C27H25BrFN3O3. The summed E-state index contributed by atoms with van der Waals surface area (Å²) >= 11 is 3.42. The van der Waals surface area contributed by atoms with Crippen molar-refractivity contribution in [2.75, 3.05) is 7.11 Å². The maximum Gasteiger partial charge on any atom is 0.282 e. The molecule has 0 spiro atoms. The fourth-order valence-electron chi connectivity index (χ4n) is 3.54. The Balaban J connectivity index is 1.67. The van der Waals surface area contributed by atoms with Gasteiger partial charge in [0, 0.05) is 9.89 Å². The van der Waals surface area contributed by atoms with Crippen LogP contribution >= 0.6 is 15.9 Å². The van der Waals surface area contributed by atoms with Gasteiger partial charge < -0.3 is 9.47 Å². The average molecular weight is 538 g/mol. The normalized spacial score (nSPS) is 11.8. The molecule has 4 aromatic rings. The maximum absolute atomic E-state index is 13.4. The summed E-state index contributed by atoms with van der Waals surface area (Å²) in [5, 5.41) is 4.97. The number of hydrogen-bond donors (Lipinski definition) is 0. The summed E-state index contributed by atoms with van der Waals surface area (Å²) in [7, 11) is 1.54. The van der Waals surface area contributed by atoms with E-state index in [1.54, 1.807) is 49.7 Å². The van der Waals surface area contributed by atoms with E-state index < -0.39 is 5.41 Å². The first kappa shape index (κ1) is 24.6. The molecule has 0 aliphatic heterocycles. The van der Waals surface area contributed by atoms with Crippen LogP contribution < -0.4 is 15.0 Å². The van der Waals surface area contributed by atoms with Crippen LogP contribution in [-0.2, 0) is 12.0 Å². The Hall–Kier alpha value is -3.52. The summed E-state index contributed by atoms with van der Waals surface area (Å²) in [6.45, 7) is 6.15. The number of aromatic nitrogens is 2. The van der Waals surface area contributed by atoms with Gasteiger partial charge in [-0.3, -0.25) is 4.79 Å².